The van der Waals surface area contributed by atoms with Crippen molar-refractivity contribution < 1.29 is 19.4 Å². The van der Waals surface area contributed by atoms with E-state index in [9.17, 15) is 9.59 Å². The van der Waals surface area contributed by atoms with Crippen molar-refractivity contribution in [3.63, 3.8) is 0 Å². The minimum Gasteiger partial charge on any atom is -0.496 e. The number of aliphatic carboxylic acids is 1. The van der Waals surface area contributed by atoms with Gasteiger partial charge in [0.1, 0.15) is 5.75 Å². The number of amides is 1. The molecule has 0 aliphatic heterocycles. The third-order valence-corrected chi connectivity index (χ3v) is 5.75. The molecule has 0 spiro atoms. The maximum atomic E-state index is 12.1. The number of carbonyl (C=O) groups excluding carboxylic acids is 1. The Morgan fingerprint density at radius 3 is 2.59 bits per heavy atom. The predicted octanol–water partition coefficient (Wildman–Crippen LogP) is 4.44. The van der Waals surface area contributed by atoms with Gasteiger partial charge in [0.05, 0.1) is 19.2 Å². The van der Waals surface area contributed by atoms with Crippen molar-refractivity contribution in [1.82, 2.24) is 10.3 Å². The van der Waals surface area contributed by atoms with E-state index < -0.39 is 5.97 Å². The second kappa shape index (κ2) is 11.3. The summed E-state index contributed by atoms with van der Waals surface area (Å²) in [6.07, 6.45) is 0.883. The van der Waals surface area contributed by atoms with Crippen molar-refractivity contribution in [2.24, 2.45) is 0 Å². The zero-order valence-corrected chi connectivity index (χ0v) is 19.0. The molecule has 168 valence electrons. The highest BCUT2D eigenvalue weighted by atomic mass is 32.1. The number of thiazole rings is 1. The van der Waals surface area contributed by atoms with Gasteiger partial charge in [-0.3, -0.25) is 9.59 Å². The summed E-state index contributed by atoms with van der Waals surface area (Å²) in [5, 5.41) is 14.3. The molecule has 0 atom stereocenters. The van der Waals surface area contributed by atoms with E-state index in [0.717, 1.165) is 40.7 Å². The number of methoxy groups -OCH3 is 1. The first-order valence-electron chi connectivity index (χ1n) is 10.4. The van der Waals surface area contributed by atoms with Gasteiger partial charge in [0, 0.05) is 36.1 Å². The molecule has 0 unspecified atom stereocenters. The summed E-state index contributed by atoms with van der Waals surface area (Å²) in [5.74, 6) is -0.416. The number of anilines is 1. The fourth-order valence-corrected chi connectivity index (χ4v) is 4.12. The molecule has 1 aromatic heterocycles. The van der Waals surface area contributed by atoms with Crippen LogP contribution < -0.4 is 15.0 Å². The van der Waals surface area contributed by atoms with E-state index in [4.69, 9.17) is 14.8 Å². The smallest absolute Gasteiger partial charge is 0.305 e. The molecule has 0 aliphatic carbocycles. The Kier molecular flexibility index (Phi) is 8.21. The van der Waals surface area contributed by atoms with Gasteiger partial charge in [-0.2, -0.15) is 0 Å². The molecule has 3 rings (SSSR count). The largest absolute Gasteiger partial charge is 0.496 e. The summed E-state index contributed by atoms with van der Waals surface area (Å²) in [6, 6.07) is 15.2. The van der Waals surface area contributed by atoms with E-state index in [1.807, 2.05) is 41.8 Å². The molecule has 0 saturated heterocycles. The van der Waals surface area contributed by atoms with Crippen molar-refractivity contribution >= 4 is 28.3 Å². The molecule has 8 heteroatoms. The van der Waals surface area contributed by atoms with Crippen LogP contribution in [0, 0.1) is 0 Å². The van der Waals surface area contributed by atoms with Gasteiger partial charge in [0.15, 0.2) is 5.13 Å². The minimum absolute atomic E-state index is 0.0968. The van der Waals surface area contributed by atoms with E-state index in [1.54, 1.807) is 30.6 Å². The summed E-state index contributed by atoms with van der Waals surface area (Å²) in [6.45, 7) is 3.77. The van der Waals surface area contributed by atoms with Crippen molar-refractivity contribution in [3.8, 4) is 17.0 Å². The van der Waals surface area contributed by atoms with Gasteiger partial charge in [0.2, 0.25) is 0 Å². The van der Waals surface area contributed by atoms with Crippen LogP contribution in [0.3, 0.4) is 0 Å². The van der Waals surface area contributed by atoms with Gasteiger partial charge in [-0.15, -0.1) is 11.3 Å². The van der Waals surface area contributed by atoms with E-state index in [1.165, 1.54) is 0 Å². The minimum atomic E-state index is -0.937. The molecule has 0 radical (unpaired) electrons. The van der Waals surface area contributed by atoms with Gasteiger partial charge >= 0.3 is 5.97 Å². The van der Waals surface area contributed by atoms with Crippen molar-refractivity contribution in [3.05, 3.63) is 65.0 Å². The number of para-hydroxylation sites is 1. The monoisotopic (exact) mass is 453 g/mol. The van der Waals surface area contributed by atoms with Gasteiger partial charge in [0.25, 0.3) is 5.91 Å². The summed E-state index contributed by atoms with van der Waals surface area (Å²) < 4.78 is 5.47. The fourth-order valence-electron chi connectivity index (χ4n) is 3.27. The normalized spacial score (nSPS) is 10.6. The predicted molar refractivity (Wildman–Crippen MR) is 126 cm³/mol. The van der Waals surface area contributed by atoms with Crippen molar-refractivity contribution in [2.75, 3.05) is 25.1 Å². The number of ether oxygens (including phenoxy) is 1. The highest BCUT2D eigenvalue weighted by Gasteiger charge is 2.15. The highest BCUT2D eigenvalue weighted by Crippen LogP contribution is 2.33. The maximum absolute atomic E-state index is 12.1. The molecule has 0 saturated carbocycles. The average Bonchev–Trinajstić information content (AvgIpc) is 3.29. The van der Waals surface area contributed by atoms with Crippen LogP contribution in [0.25, 0.3) is 11.3 Å². The number of hydrogen-bond donors (Lipinski definition) is 2. The average molecular weight is 454 g/mol. The number of carboxylic acid groups (broad SMARTS) is 1. The first-order valence-corrected chi connectivity index (χ1v) is 11.3. The van der Waals surface area contributed by atoms with Gasteiger partial charge in [-0.25, -0.2) is 4.98 Å². The Morgan fingerprint density at radius 2 is 1.91 bits per heavy atom. The fraction of sp³-hybridized carbons (Fsp3) is 0.292. The number of benzene rings is 2. The zero-order valence-electron chi connectivity index (χ0n) is 18.2. The number of rotatable bonds is 11. The van der Waals surface area contributed by atoms with E-state index >= 15 is 0 Å². The maximum Gasteiger partial charge on any atom is 0.305 e. The van der Waals surface area contributed by atoms with Gasteiger partial charge < -0.3 is 20.1 Å². The van der Waals surface area contributed by atoms with Crippen LogP contribution in [-0.2, 0) is 11.3 Å². The first kappa shape index (κ1) is 23.3. The Labute approximate surface area is 191 Å². The van der Waals surface area contributed by atoms with Crippen LogP contribution in [0.15, 0.2) is 53.9 Å². The van der Waals surface area contributed by atoms with Crippen LogP contribution in [0.2, 0.25) is 0 Å². The Morgan fingerprint density at radius 1 is 1.16 bits per heavy atom. The third-order valence-electron chi connectivity index (χ3n) is 4.85. The summed E-state index contributed by atoms with van der Waals surface area (Å²) >= 11 is 1.60. The quantitative estimate of drug-likeness (QED) is 0.446. The van der Waals surface area contributed by atoms with Crippen LogP contribution in [0.1, 0.15) is 35.7 Å². The lowest BCUT2D eigenvalue weighted by Gasteiger charge is -2.21. The van der Waals surface area contributed by atoms with Gasteiger partial charge in [-0.05, 0) is 36.2 Å². The molecule has 2 N–H and O–H groups in total. The molecule has 0 fully saturated rings. The molecular weight excluding hydrogens is 426 g/mol. The molecule has 1 amide bonds. The number of hydrogen-bond acceptors (Lipinski definition) is 6. The number of nitrogens with one attached hydrogen (secondary N) is 1. The lowest BCUT2D eigenvalue weighted by molar-refractivity contribution is -0.136. The van der Waals surface area contributed by atoms with Crippen molar-refractivity contribution in [2.45, 2.75) is 26.3 Å². The first-order chi connectivity index (χ1) is 15.5. The Balaban J connectivity index is 1.70. The molecule has 0 aliphatic rings. The molecule has 32 heavy (non-hydrogen) atoms. The summed E-state index contributed by atoms with van der Waals surface area (Å²) in [7, 11) is 1.66. The van der Waals surface area contributed by atoms with E-state index in [-0.39, 0.29) is 18.9 Å². The van der Waals surface area contributed by atoms with Gasteiger partial charge in [-0.1, -0.05) is 31.2 Å². The second-order valence-electron chi connectivity index (χ2n) is 7.23. The molecule has 0 bridgehead atoms. The molecule has 3 aromatic rings. The SMILES string of the molecule is CCCN(Cc1ccc(C(=O)NCCC(=O)O)cc1)c1nc(-c2ccccc2OC)cs1. The molecule has 2 aromatic carbocycles. The number of carboxylic acids is 1. The number of nitrogens with zero attached hydrogens (tertiary/aromatic N) is 2. The van der Waals surface area contributed by atoms with Crippen LogP contribution in [0.5, 0.6) is 5.75 Å². The lowest BCUT2D eigenvalue weighted by atomic mass is 10.1. The Hall–Kier alpha value is -3.39. The third kappa shape index (κ3) is 6.07. The molecule has 7 nitrogen and oxygen atoms in total. The lowest BCUT2D eigenvalue weighted by Crippen LogP contribution is -2.26. The zero-order chi connectivity index (χ0) is 22.9. The van der Waals surface area contributed by atoms with E-state index in [2.05, 4.69) is 17.1 Å². The standard InChI is InChI=1S/C24H27N3O4S/c1-3-14-27(24-26-20(16-32-24)19-6-4-5-7-21(19)31-2)15-17-8-10-18(11-9-17)23(30)25-13-12-22(28)29/h4-11,16H,3,12-15H2,1-2H3,(H,25,30)(H,28,29). The Bertz CT molecular complexity index is 1050. The molecular formula is C24H27N3O4S. The summed E-state index contributed by atoms with van der Waals surface area (Å²) in [5.41, 5.74) is 3.42. The van der Waals surface area contributed by atoms with E-state index in [0.29, 0.717) is 12.1 Å². The van der Waals surface area contributed by atoms with Crippen LogP contribution >= 0.6 is 11.3 Å². The topological polar surface area (TPSA) is 91.8 Å². The van der Waals surface area contributed by atoms with Crippen molar-refractivity contribution in [1.29, 1.82) is 0 Å². The molecule has 1 heterocycles. The van der Waals surface area contributed by atoms with Crippen LogP contribution in [-0.4, -0.2) is 42.2 Å². The second-order valence-corrected chi connectivity index (χ2v) is 8.07. The number of carbonyl (C=O) groups is 2. The van der Waals surface area contributed by atoms with Crippen LogP contribution in [0.4, 0.5) is 5.13 Å². The number of aromatic nitrogens is 1. The highest BCUT2D eigenvalue weighted by molar-refractivity contribution is 7.14. The summed E-state index contributed by atoms with van der Waals surface area (Å²) in [4.78, 5) is 29.8.